The number of nitrogens with zero attached hydrogens (tertiary/aromatic N) is 3. The first-order valence-electron chi connectivity index (χ1n) is 6.81. The Balaban J connectivity index is 2.41. The number of hydrogen-bond donors (Lipinski definition) is 1. The molecule has 0 aliphatic heterocycles. The first-order valence-corrected chi connectivity index (χ1v) is 6.81. The van der Waals surface area contributed by atoms with Crippen LogP contribution in [-0.4, -0.2) is 62.9 Å². The maximum absolute atomic E-state index is 11.6. The standard InChI is InChI=1S/C14H26N4O/c1-15-14(16-10-13(19)17(2)3)18(4)11-12-8-6-5-7-9-12/h5-6,12H,7-11H2,1-4H3,(H,15,16). The Morgan fingerprint density at radius 3 is 2.63 bits per heavy atom. The summed E-state index contributed by atoms with van der Waals surface area (Å²) in [7, 11) is 7.28. The summed E-state index contributed by atoms with van der Waals surface area (Å²) in [6.45, 7) is 1.26. The van der Waals surface area contributed by atoms with Crippen LogP contribution in [0.4, 0.5) is 0 Å². The third kappa shape index (κ3) is 5.32. The second-order valence-electron chi connectivity index (χ2n) is 5.22. The SMILES string of the molecule is CN=C(NCC(=O)N(C)C)N(C)CC1CC=CCC1. The summed E-state index contributed by atoms with van der Waals surface area (Å²) in [5.74, 6) is 1.51. The Kier molecular flexibility index (Phi) is 6.39. The summed E-state index contributed by atoms with van der Waals surface area (Å²) in [6, 6.07) is 0. The number of rotatable bonds is 4. The van der Waals surface area contributed by atoms with Gasteiger partial charge in [0.2, 0.25) is 5.91 Å². The fourth-order valence-corrected chi connectivity index (χ4v) is 2.19. The predicted octanol–water partition coefficient (Wildman–Crippen LogP) is 0.938. The summed E-state index contributed by atoms with van der Waals surface area (Å²) in [4.78, 5) is 19.5. The molecule has 1 aliphatic rings. The number of guanidine groups is 1. The molecule has 1 amide bonds. The average molecular weight is 266 g/mol. The lowest BCUT2D eigenvalue weighted by Crippen LogP contribution is -2.45. The number of likely N-dealkylation sites (N-methyl/N-ethyl adjacent to an activating group) is 1. The van der Waals surface area contributed by atoms with Gasteiger partial charge in [-0.3, -0.25) is 9.79 Å². The molecular weight excluding hydrogens is 240 g/mol. The van der Waals surface area contributed by atoms with E-state index in [-0.39, 0.29) is 12.5 Å². The predicted molar refractivity (Wildman–Crippen MR) is 79.2 cm³/mol. The molecule has 19 heavy (non-hydrogen) atoms. The second kappa shape index (κ2) is 7.81. The highest BCUT2D eigenvalue weighted by molar-refractivity contribution is 5.86. The van der Waals surface area contributed by atoms with Crippen LogP contribution in [0.3, 0.4) is 0 Å². The van der Waals surface area contributed by atoms with Gasteiger partial charge in [-0.1, -0.05) is 12.2 Å². The first-order chi connectivity index (χ1) is 9.04. The van der Waals surface area contributed by atoms with Crippen molar-refractivity contribution in [2.75, 3.05) is 41.3 Å². The Hall–Kier alpha value is -1.52. The lowest BCUT2D eigenvalue weighted by Gasteiger charge is -2.27. The second-order valence-corrected chi connectivity index (χ2v) is 5.22. The summed E-state index contributed by atoms with van der Waals surface area (Å²) in [6.07, 6.45) is 8.04. The van der Waals surface area contributed by atoms with Gasteiger partial charge in [-0.05, 0) is 25.2 Å². The van der Waals surface area contributed by atoms with Gasteiger partial charge < -0.3 is 15.1 Å². The fraction of sp³-hybridized carbons (Fsp3) is 0.714. The zero-order valence-electron chi connectivity index (χ0n) is 12.5. The molecule has 0 spiro atoms. The van der Waals surface area contributed by atoms with E-state index in [1.165, 1.54) is 12.8 Å². The zero-order chi connectivity index (χ0) is 14.3. The molecule has 1 N–H and O–H groups in total. The zero-order valence-corrected chi connectivity index (χ0v) is 12.5. The largest absolute Gasteiger partial charge is 0.347 e. The number of carbonyl (C=O) groups is 1. The maximum atomic E-state index is 11.6. The molecule has 0 bridgehead atoms. The lowest BCUT2D eigenvalue weighted by molar-refractivity contribution is -0.127. The van der Waals surface area contributed by atoms with Gasteiger partial charge in [0.25, 0.3) is 0 Å². The van der Waals surface area contributed by atoms with E-state index in [9.17, 15) is 4.79 Å². The van der Waals surface area contributed by atoms with E-state index in [0.717, 1.165) is 18.9 Å². The summed E-state index contributed by atoms with van der Waals surface area (Å²) >= 11 is 0. The van der Waals surface area contributed by atoms with Crippen molar-refractivity contribution in [2.24, 2.45) is 10.9 Å². The molecule has 0 fully saturated rings. The van der Waals surface area contributed by atoms with Crippen molar-refractivity contribution in [2.45, 2.75) is 19.3 Å². The molecule has 1 aliphatic carbocycles. The van der Waals surface area contributed by atoms with Crippen LogP contribution < -0.4 is 5.32 Å². The quantitative estimate of drug-likeness (QED) is 0.468. The highest BCUT2D eigenvalue weighted by atomic mass is 16.2. The fourth-order valence-electron chi connectivity index (χ4n) is 2.19. The number of hydrogen-bond acceptors (Lipinski definition) is 2. The van der Waals surface area contributed by atoms with Gasteiger partial charge in [0.1, 0.15) is 0 Å². The van der Waals surface area contributed by atoms with Crippen molar-refractivity contribution >= 4 is 11.9 Å². The van der Waals surface area contributed by atoms with Crippen LogP contribution in [-0.2, 0) is 4.79 Å². The number of carbonyl (C=O) groups excluding carboxylic acids is 1. The van der Waals surface area contributed by atoms with E-state index < -0.39 is 0 Å². The van der Waals surface area contributed by atoms with Crippen molar-refractivity contribution in [3.63, 3.8) is 0 Å². The van der Waals surface area contributed by atoms with Crippen LogP contribution in [0, 0.1) is 5.92 Å². The minimum Gasteiger partial charge on any atom is -0.347 e. The Labute approximate surface area is 116 Å². The summed E-state index contributed by atoms with van der Waals surface area (Å²) < 4.78 is 0. The molecular formula is C14H26N4O. The normalized spacial score (nSPS) is 19.2. The van der Waals surface area contributed by atoms with Crippen LogP contribution in [0.2, 0.25) is 0 Å². The number of amides is 1. The summed E-state index contributed by atoms with van der Waals surface area (Å²) in [5.41, 5.74) is 0. The third-order valence-electron chi connectivity index (χ3n) is 3.38. The van der Waals surface area contributed by atoms with Gasteiger partial charge in [0, 0.05) is 34.7 Å². The van der Waals surface area contributed by atoms with Gasteiger partial charge in [-0.2, -0.15) is 0 Å². The molecule has 1 rings (SSSR count). The molecule has 0 aromatic carbocycles. The minimum atomic E-state index is 0.0511. The van der Waals surface area contributed by atoms with Crippen LogP contribution in [0.15, 0.2) is 17.1 Å². The Morgan fingerprint density at radius 2 is 2.11 bits per heavy atom. The summed E-state index contributed by atoms with van der Waals surface area (Å²) in [5, 5.41) is 3.11. The molecule has 1 unspecified atom stereocenters. The molecule has 0 saturated heterocycles. The average Bonchev–Trinajstić information content (AvgIpc) is 2.40. The van der Waals surface area contributed by atoms with Crippen molar-refractivity contribution in [3.05, 3.63) is 12.2 Å². The number of nitrogens with one attached hydrogen (secondary N) is 1. The van der Waals surface area contributed by atoms with Crippen molar-refractivity contribution in [1.29, 1.82) is 0 Å². The smallest absolute Gasteiger partial charge is 0.241 e. The van der Waals surface area contributed by atoms with E-state index >= 15 is 0 Å². The van der Waals surface area contributed by atoms with Gasteiger partial charge in [0.05, 0.1) is 6.54 Å². The minimum absolute atomic E-state index is 0.0511. The topological polar surface area (TPSA) is 47.9 Å². The molecule has 5 heteroatoms. The number of aliphatic imine (C=N–C) groups is 1. The van der Waals surface area contributed by atoms with Gasteiger partial charge in [-0.25, -0.2) is 0 Å². The van der Waals surface area contributed by atoms with Crippen LogP contribution >= 0.6 is 0 Å². The monoisotopic (exact) mass is 266 g/mol. The van der Waals surface area contributed by atoms with E-state index in [0.29, 0.717) is 5.92 Å². The Morgan fingerprint density at radius 1 is 1.37 bits per heavy atom. The van der Waals surface area contributed by atoms with E-state index in [4.69, 9.17) is 0 Å². The number of allylic oxidation sites excluding steroid dienone is 2. The molecule has 1 atom stereocenters. The molecule has 108 valence electrons. The highest BCUT2D eigenvalue weighted by Crippen LogP contribution is 2.18. The Bertz CT molecular complexity index is 349. The van der Waals surface area contributed by atoms with E-state index in [1.807, 2.05) is 7.05 Å². The molecule has 0 radical (unpaired) electrons. The molecule has 0 aromatic rings. The van der Waals surface area contributed by atoms with Gasteiger partial charge in [-0.15, -0.1) is 0 Å². The molecule has 0 aromatic heterocycles. The first kappa shape index (κ1) is 15.5. The van der Waals surface area contributed by atoms with E-state index in [1.54, 1.807) is 26.0 Å². The van der Waals surface area contributed by atoms with Crippen molar-refractivity contribution < 1.29 is 4.79 Å². The maximum Gasteiger partial charge on any atom is 0.241 e. The van der Waals surface area contributed by atoms with Crippen LogP contribution in [0.5, 0.6) is 0 Å². The molecule has 5 nitrogen and oxygen atoms in total. The van der Waals surface area contributed by atoms with Gasteiger partial charge in [0.15, 0.2) is 5.96 Å². The van der Waals surface area contributed by atoms with Gasteiger partial charge >= 0.3 is 0 Å². The van der Waals surface area contributed by atoms with Crippen LogP contribution in [0.1, 0.15) is 19.3 Å². The van der Waals surface area contributed by atoms with Crippen LogP contribution in [0.25, 0.3) is 0 Å². The van der Waals surface area contributed by atoms with Crippen molar-refractivity contribution in [1.82, 2.24) is 15.1 Å². The highest BCUT2D eigenvalue weighted by Gasteiger charge is 2.15. The molecule has 0 saturated carbocycles. The van der Waals surface area contributed by atoms with E-state index in [2.05, 4.69) is 27.4 Å². The lowest BCUT2D eigenvalue weighted by atomic mass is 9.94. The third-order valence-corrected chi connectivity index (χ3v) is 3.38. The molecule has 0 heterocycles. The van der Waals surface area contributed by atoms with Crippen molar-refractivity contribution in [3.8, 4) is 0 Å².